The predicted octanol–water partition coefficient (Wildman–Crippen LogP) is 6.50. The zero-order chi connectivity index (χ0) is 27.2. The van der Waals surface area contributed by atoms with Gasteiger partial charge in [-0.3, -0.25) is 9.69 Å². The van der Waals surface area contributed by atoms with Crippen molar-refractivity contribution in [2.24, 2.45) is 5.92 Å². The Morgan fingerprint density at radius 2 is 1.76 bits per heavy atom. The lowest BCUT2D eigenvalue weighted by molar-refractivity contribution is -0.138. The van der Waals surface area contributed by atoms with E-state index in [1.165, 1.54) is 0 Å². The molecular formula is C27H29Cl4N7O3. The standard InChI is InChI=1S/C27H27Cl2N7O3.2ClH/c28-20-10-19(11-21(29)12-20)23-7-18(16-36-5-1-17(2-6-36)9-26(37)38)8-25(35-23)39-22-13-32-27(33-14-22)34-15-24-30-3-4-31-24;;/h3-4,7-8,10-14,17H,1-2,5-6,9,15-16H2,(H,30,31)(H,37,38)(H,32,33,34);2*1H. The first kappa shape index (κ1) is 32.4. The molecule has 4 heterocycles. The maximum absolute atomic E-state index is 11.1. The first-order valence-corrected chi connectivity index (χ1v) is 13.3. The molecule has 0 atom stereocenters. The molecule has 41 heavy (non-hydrogen) atoms. The molecule has 0 spiro atoms. The maximum atomic E-state index is 11.1. The molecule has 1 aliphatic rings. The van der Waals surface area contributed by atoms with E-state index in [-0.39, 0.29) is 37.2 Å². The Morgan fingerprint density at radius 3 is 2.39 bits per heavy atom. The number of nitrogens with zero attached hydrogens (tertiary/aromatic N) is 5. The number of pyridine rings is 1. The number of nitrogens with one attached hydrogen (secondary N) is 2. The molecule has 0 amide bonds. The van der Waals surface area contributed by atoms with Gasteiger partial charge in [-0.1, -0.05) is 23.2 Å². The summed E-state index contributed by atoms with van der Waals surface area (Å²) < 4.78 is 6.06. The predicted molar refractivity (Wildman–Crippen MR) is 162 cm³/mol. The van der Waals surface area contributed by atoms with Crippen molar-refractivity contribution in [2.75, 3.05) is 18.4 Å². The number of halogens is 4. The summed E-state index contributed by atoms with van der Waals surface area (Å²) in [5.41, 5.74) is 2.44. The van der Waals surface area contributed by atoms with Gasteiger partial charge in [0.15, 0.2) is 5.75 Å². The van der Waals surface area contributed by atoms with Crippen LogP contribution in [0.25, 0.3) is 11.3 Å². The molecule has 0 aliphatic carbocycles. The van der Waals surface area contributed by atoms with E-state index in [0.29, 0.717) is 46.4 Å². The van der Waals surface area contributed by atoms with Crippen molar-refractivity contribution < 1.29 is 14.6 Å². The Hall–Kier alpha value is -3.15. The zero-order valence-electron chi connectivity index (χ0n) is 21.8. The number of carboxylic acid groups (broad SMARTS) is 1. The molecule has 1 aliphatic heterocycles. The summed E-state index contributed by atoms with van der Waals surface area (Å²) in [7, 11) is 0. The highest BCUT2D eigenvalue weighted by Gasteiger charge is 2.22. The maximum Gasteiger partial charge on any atom is 0.303 e. The summed E-state index contributed by atoms with van der Waals surface area (Å²) in [4.78, 5) is 33.9. The lowest BCUT2D eigenvalue weighted by Gasteiger charge is -2.31. The lowest BCUT2D eigenvalue weighted by atomic mass is 9.93. The zero-order valence-corrected chi connectivity index (χ0v) is 24.9. The topological polar surface area (TPSA) is 129 Å². The van der Waals surface area contributed by atoms with Crippen LogP contribution in [-0.2, 0) is 17.9 Å². The summed E-state index contributed by atoms with van der Waals surface area (Å²) in [5.74, 6) is 1.53. The molecular weight excluding hydrogens is 612 g/mol. The second-order valence-electron chi connectivity index (χ2n) is 9.41. The average Bonchev–Trinajstić information content (AvgIpc) is 3.42. The highest BCUT2D eigenvalue weighted by Crippen LogP contribution is 2.31. The molecule has 1 aromatic carbocycles. The van der Waals surface area contributed by atoms with E-state index < -0.39 is 5.97 Å². The van der Waals surface area contributed by atoms with E-state index in [1.54, 1.807) is 30.9 Å². The van der Waals surface area contributed by atoms with Gasteiger partial charge in [-0.15, -0.1) is 24.8 Å². The average molecular weight is 641 g/mol. The van der Waals surface area contributed by atoms with Crippen LogP contribution in [0.15, 0.2) is 55.1 Å². The second-order valence-corrected chi connectivity index (χ2v) is 10.3. The van der Waals surface area contributed by atoms with Crippen LogP contribution in [0.4, 0.5) is 5.95 Å². The number of piperidine rings is 1. The number of H-pyrrole nitrogens is 1. The third-order valence-corrected chi connectivity index (χ3v) is 6.85. The van der Waals surface area contributed by atoms with Crippen LogP contribution in [-0.4, -0.2) is 54.0 Å². The molecule has 3 aromatic heterocycles. The first-order chi connectivity index (χ1) is 18.9. The van der Waals surface area contributed by atoms with Gasteiger partial charge in [-0.2, -0.15) is 0 Å². The van der Waals surface area contributed by atoms with Crippen molar-refractivity contribution in [2.45, 2.75) is 32.4 Å². The fourth-order valence-electron chi connectivity index (χ4n) is 4.54. The molecule has 3 N–H and O–H groups in total. The molecule has 0 saturated carbocycles. The van der Waals surface area contributed by atoms with Gasteiger partial charge in [0, 0.05) is 47.0 Å². The molecule has 4 aromatic rings. The normalized spacial score (nSPS) is 13.6. The number of ether oxygens (including phenoxy) is 1. The molecule has 0 unspecified atom stereocenters. The van der Waals surface area contributed by atoms with Gasteiger partial charge >= 0.3 is 5.97 Å². The highest BCUT2D eigenvalue weighted by atomic mass is 35.5. The van der Waals surface area contributed by atoms with Gasteiger partial charge in [-0.25, -0.2) is 19.9 Å². The van der Waals surface area contributed by atoms with E-state index in [9.17, 15) is 4.79 Å². The SMILES string of the molecule is Cl.Cl.O=C(O)CC1CCN(Cc2cc(Oc3cnc(NCc4ncc[nH]4)nc3)nc(-c3cc(Cl)cc(Cl)c3)c2)CC1. The Kier molecular flexibility index (Phi) is 12.0. The Balaban J connectivity index is 0.00000231. The minimum atomic E-state index is -0.737. The first-order valence-electron chi connectivity index (χ1n) is 12.5. The number of anilines is 1. The van der Waals surface area contributed by atoms with Gasteiger partial charge < -0.3 is 20.1 Å². The Labute approximate surface area is 259 Å². The van der Waals surface area contributed by atoms with Crippen molar-refractivity contribution in [3.63, 3.8) is 0 Å². The van der Waals surface area contributed by atoms with Crippen LogP contribution < -0.4 is 10.1 Å². The number of hydrogen-bond acceptors (Lipinski definition) is 8. The van der Waals surface area contributed by atoms with Crippen molar-refractivity contribution in [3.05, 3.63) is 76.6 Å². The molecule has 5 rings (SSSR count). The number of hydrogen-bond donors (Lipinski definition) is 3. The number of imidazole rings is 1. The van der Waals surface area contributed by atoms with Crippen LogP contribution in [0.1, 0.15) is 30.7 Å². The number of carbonyl (C=O) groups is 1. The summed E-state index contributed by atoms with van der Waals surface area (Å²) in [6, 6.07) is 9.18. The van der Waals surface area contributed by atoms with Crippen molar-refractivity contribution >= 4 is 59.9 Å². The van der Waals surface area contributed by atoms with Gasteiger partial charge in [0.05, 0.1) is 24.6 Å². The summed E-state index contributed by atoms with van der Waals surface area (Å²) >= 11 is 12.5. The molecule has 1 fully saturated rings. The van der Waals surface area contributed by atoms with Gasteiger partial charge in [0.2, 0.25) is 11.8 Å². The van der Waals surface area contributed by atoms with Gasteiger partial charge in [-0.05, 0) is 61.7 Å². The van der Waals surface area contributed by atoms with Crippen molar-refractivity contribution in [1.29, 1.82) is 0 Å². The van der Waals surface area contributed by atoms with Crippen LogP contribution in [0.2, 0.25) is 10.0 Å². The monoisotopic (exact) mass is 639 g/mol. The lowest BCUT2D eigenvalue weighted by Crippen LogP contribution is -2.33. The van der Waals surface area contributed by atoms with Crippen molar-refractivity contribution in [1.82, 2.24) is 29.8 Å². The number of aromatic nitrogens is 5. The molecule has 14 heteroatoms. The number of benzene rings is 1. The minimum absolute atomic E-state index is 0. The third-order valence-electron chi connectivity index (χ3n) is 6.42. The Morgan fingerprint density at radius 1 is 1.05 bits per heavy atom. The number of carboxylic acids is 1. The summed E-state index contributed by atoms with van der Waals surface area (Å²) in [6.07, 6.45) is 8.53. The van der Waals surface area contributed by atoms with Gasteiger partial charge in [0.1, 0.15) is 5.82 Å². The van der Waals surface area contributed by atoms with E-state index in [4.69, 9.17) is 38.0 Å². The smallest absolute Gasteiger partial charge is 0.303 e. The molecule has 0 radical (unpaired) electrons. The minimum Gasteiger partial charge on any atom is -0.481 e. The van der Waals surface area contributed by atoms with E-state index in [2.05, 4.69) is 30.2 Å². The summed E-state index contributed by atoms with van der Waals surface area (Å²) in [5, 5.41) is 13.2. The third kappa shape index (κ3) is 9.44. The molecule has 10 nitrogen and oxygen atoms in total. The summed E-state index contributed by atoms with van der Waals surface area (Å²) in [6.45, 7) is 2.80. The second kappa shape index (κ2) is 15.2. The molecule has 0 bridgehead atoms. The van der Waals surface area contributed by atoms with E-state index >= 15 is 0 Å². The quantitative estimate of drug-likeness (QED) is 0.178. The van der Waals surface area contributed by atoms with Crippen LogP contribution >= 0.6 is 48.0 Å². The van der Waals surface area contributed by atoms with Crippen LogP contribution in [0.5, 0.6) is 11.6 Å². The van der Waals surface area contributed by atoms with Crippen LogP contribution in [0.3, 0.4) is 0 Å². The van der Waals surface area contributed by atoms with E-state index in [1.807, 2.05) is 24.3 Å². The number of aromatic amines is 1. The van der Waals surface area contributed by atoms with Gasteiger partial charge in [0.25, 0.3) is 0 Å². The number of aliphatic carboxylic acids is 1. The number of likely N-dealkylation sites (tertiary alicyclic amines) is 1. The van der Waals surface area contributed by atoms with Crippen LogP contribution in [0, 0.1) is 5.92 Å². The fourth-order valence-corrected chi connectivity index (χ4v) is 5.07. The molecule has 1 saturated heterocycles. The van der Waals surface area contributed by atoms with E-state index in [0.717, 1.165) is 42.9 Å². The van der Waals surface area contributed by atoms with Crippen molar-refractivity contribution in [3.8, 4) is 22.9 Å². The molecule has 218 valence electrons. The fraction of sp³-hybridized carbons (Fsp3) is 0.296. The number of rotatable bonds is 10. The Bertz CT molecular complexity index is 1400. The highest BCUT2D eigenvalue weighted by molar-refractivity contribution is 6.35. The largest absolute Gasteiger partial charge is 0.481 e.